The maximum absolute atomic E-state index is 13.0. The highest BCUT2D eigenvalue weighted by Gasteiger charge is 2.18. The SMILES string of the molecule is COCC(C)n1c(SCC(=O)NNC(=O)c2ccc(Cl)cc2)nc2ccccc2c1=O. The van der Waals surface area contributed by atoms with E-state index in [1.54, 1.807) is 55.6 Å². The Morgan fingerprint density at radius 1 is 1.16 bits per heavy atom. The first kappa shape index (κ1) is 22.8. The molecular weight excluding hydrogens is 440 g/mol. The first-order valence-electron chi connectivity index (χ1n) is 9.38. The molecule has 0 aliphatic carbocycles. The number of fused-ring (bicyclic) bond motifs is 1. The molecule has 2 amide bonds. The Bertz CT molecular complexity index is 1150. The van der Waals surface area contributed by atoms with Crippen LogP contribution in [-0.2, 0) is 9.53 Å². The van der Waals surface area contributed by atoms with Crippen LogP contribution in [0.2, 0.25) is 5.02 Å². The molecule has 0 aliphatic rings. The van der Waals surface area contributed by atoms with E-state index in [1.807, 2.05) is 6.92 Å². The molecule has 8 nitrogen and oxygen atoms in total. The molecule has 0 saturated heterocycles. The summed E-state index contributed by atoms with van der Waals surface area (Å²) in [7, 11) is 1.56. The third kappa shape index (κ3) is 5.63. The third-order valence-electron chi connectivity index (χ3n) is 4.38. The van der Waals surface area contributed by atoms with Crippen molar-refractivity contribution in [3.8, 4) is 0 Å². The van der Waals surface area contributed by atoms with Crippen molar-refractivity contribution in [1.82, 2.24) is 20.4 Å². The first-order valence-corrected chi connectivity index (χ1v) is 10.7. The van der Waals surface area contributed by atoms with Gasteiger partial charge in [0.2, 0.25) is 5.91 Å². The van der Waals surface area contributed by atoms with Gasteiger partial charge in [-0.2, -0.15) is 0 Å². The molecule has 2 N–H and O–H groups in total. The summed E-state index contributed by atoms with van der Waals surface area (Å²) in [5, 5.41) is 1.40. The lowest BCUT2D eigenvalue weighted by molar-refractivity contribution is -0.119. The van der Waals surface area contributed by atoms with E-state index in [0.717, 1.165) is 11.8 Å². The standard InChI is InChI=1S/C21H21ClN4O4S/c1-13(11-30-2)26-20(29)16-5-3-4-6-17(16)23-21(26)31-12-18(27)24-25-19(28)14-7-9-15(22)10-8-14/h3-10,13H,11-12H2,1-2H3,(H,24,27)(H,25,28). The number of nitrogens with zero attached hydrogens (tertiary/aromatic N) is 2. The number of nitrogens with one attached hydrogen (secondary N) is 2. The molecule has 2 aromatic carbocycles. The van der Waals surface area contributed by atoms with Gasteiger partial charge in [0.25, 0.3) is 11.5 Å². The molecule has 162 valence electrons. The summed E-state index contributed by atoms with van der Waals surface area (Å²) in [5.41, 5.74) is 5.41. The van der Waals surface area contributed by atoms with Crippen LogP contribution in [0.5, 0.6) is 0 Å². The second-order valence-electron chi connectivity index (χ2n) is 6.69. The van der Waals surface area contributed by atoms with Gasteiger partial charge in [-0.25, -0.2) is 4.98 Å². The van der Waals surface area contributed by atoms with Crippen LogP contribution in [-0.4, -0.2) is 40.8 Å². The van der Waals surface area contributed by atoms with Gasteiger partial charge >= 0.3 is 0 Å². The number of rotatable bonds is 7. The quantitative estimate of drug-likeness (QED) is 0.319. The Labute approximate surface area is 187 Å². The zero-order valence-electron chi connectivity index (χ0n) is 16.9. The molecule has 0 aliphatic heterocycles. The Hall–Kier alpha value is -2.88. The van der Waals surface area contributed by atoms with Gasteiger partial charge in [0.15, 0.2) is 5.16 Å². The second kappa shape index (κ2) is 10.4. The van der Waals surface area contributed by atoms with Crippen molar-refractivity contribution in [2.24, 2.45) is 0 Å². The van der Waals surface area contributed by atoms with Crippen LogP contribution in [0.25, 0.3) is 10.9 Å². The van der Waals surface area contributed by atoms with Gasteiger partial charge < -0.3 is 4.74 Å². The fourth-order valence-corrected chi connectivity index (χ4v) is 3.92. The van der Waals surface area contributed by atoms with Crippen molar-refractivity contribution in [2.45, 2.75) is 18.1 Å². The number of carbonyl (C=O) groups excluding carboxylic acids is 2. The Balaban J connectivity index is 1.71. The second-order valence-corrected chi connectivity index (χ2v) is 8.07. The van der Waals surface area contributed by atoms with E-state index in [4.69, 9.17) is 16.3 Å². The van der Waals surface area contributed by atoms with E-state index < -0.39 is 11.8 Å². The molecule has 0 bridgehead atoms. The zero-order chi connectivity index (χ0) is 22.4. The molecule has 1 heterocycles. The number of para-hydroxylation sites is 1. The van der Waals surface area contributed by atoms with Crippen molar-refractivity contribution in [1.29, 1.82) is 0 Å². The van der Waals surface area contributed by atoms with Gasteiger partial charge in [-0.1, -0.05) is 35.5 Å². The van der Waals surface area contributed by atoms with Crippen LogP contribution >= 0.6 is 23.4 Å². The first-order chi connectivity index (χ1) is 14.9. The van der Waals surface area contributed by atoms with Gasteiger partial charge in [-0.3, -0.25) is 29.8 Å². The number of halogens is 1. The molecule has 0 saturated carbocycles. The van der Waals surface area contributed by atoms with Crippen molar-refractivity contribution in [2.75, 3.05) is 19.5 Å². The molecule has 0 fully saturated rings. The van der Waals surface area contributed by atoms with Gasteiger partial charge in [-0.15, -0.1) is 0 Å². The number of aromatic nitrogens is 2. The van der Waals surface area contributed by atoms with Crippen LogP contribution in [0.4, 0.5) is 0 Å². The van der Waals surface area contributed by atoms with Gasteiger partial charge in [0.1, 0.15) is 0 Å². The summed E-state index contributed by atoms with van der Waals surface area (Å²) in [6.07, 6.45) is 0. The fraction of sp³-hybridized carbons (Fsp3) is 0.238. The number of amides is 2. The predicted octanol–water partition coefficient (Wildman–Crippen LogP) is 2.81. The number of hydrazine groups is 1. The van der Waals surface area contributed by atoms with Crippen LogP contribution in [0, 0.1) is 0 Å². The summed E-state index contributed by atoms with van der Waals surface area (Å²) in [6.45, 7) is 2.16. The van der Waals surface area contributed by atoms with Gasteiger partial charge in [0, 0.05) is 17.7 Å². The molecule has 1 atom stereocenters. The highest BCUT2D eigenvalue weighted by atomic mass is 35.5. The van der Waals surface area contributed by atoms with E-state index in [2.05, 4.69) is 15.8 Å². The topological polar surface area (TPSA) is 102 Å². The Morgan fingerprint density at radius 2 is 1.87 bits per heavy atom. The lowest BCUT2D eigenvalue weighted by Gasteiger charge is -2.18. The van der Waals surface area contributed by atoms with Crippen LogP contribution in [0.3, 0.4) is 0 Å². The molecule has 3 aromatic rings. The average molecular weight is 461 g/mol. The molecule has 0 radical (unpaired) electrons. The number of ether oxygens (including phenoxy) is 1. The summed E-state index contributed by atoms with van der Waals surface area (Å²) < 4.78 is 6.71. The number of methoxy groups -OCH3 is 1. The van der Waals surface area contributed by atoms with Gasteiger partial charge in [-0.05, 0) is 43.3 Å². The summed E-state index contributed by atoms with van der Waals surface area (Å²) in [6, 6.07) is 13.0. The molecule has 0 spiro atoms. The van der Waals surface area contributed by atoms with Crippen LogP contribution in [0.1, 0.15) is 23.3 Å². The van der Waals surface area contributed by atoms with E-state index in [9.17, 15) is 14.4 Å². The molecule has 1 unspecified atom stereocenters. The highest BCUT2D eigenvalue weighted by Crippen LogP contribution is 2.21. The number of thioether (sulfide) groups is 1. The minimum Gasteiger partial charge on any atom is -0.383 e. The lowest BCUT2D eigenvalue weighted by Crippen LogP contribution is -2.42. The van der Waals surface area contributed by atoms with Crippen molar-refractivity contribution >= 4 is 46.1 Å². The highest BCUT2D eigenvalue weighted by molar-refractivity contribution is 7.99. The van der Waals surface area contributed by atoms with Crippen molar-refractivity contribution in [3.63, 3.8) is 0 Å². The van der Waals surface area contributed by atoms with Crippen LogP contribution < -0.4 is 16.4 Å². The lowest BCUT2D eigenvalue weighted by atomic mass is 10.2. The Kier molecular flexibility index (Phi) is 7.67. The van der Waals surface area contributed by atoms with E-state index in [1.165, 1.54) is 4.57 Å². The smallest absolute Gasteiger partial charge is 0.269 e. The molecular formula is C21H21ClN4O4S. The van der Waals surface area contributed by atoms with Crippen molar-refractivity contribution in [3.05, 3.63) is 69.5 Å². The third-order valence-corrected chi connectivity index (χ3v) is 5.58. The normalized spacial score (nSPS) is 11.8. The molecule has 31 heavy (non-hydrogen) atoms. The molecule has 10 heteroatoms. The number of hydrogen-bond donors (Lipinski definition) is 2. The van der Waals surface area contributed by atoms with Crippen LogP contribution in [0.15, 0.2) is 58.5 Å². The molecule has 1 aromatic heterocycles. The summed E-state index contributed by atoms with van der Waals surface area (Å²) in [5.74, 6) is -0.962. The Morgan fingerprint density at radius 3 is 2.58 bits per heavy atom. The largest absolute Gasteiger partial charge is 0.383 e. The number of carbonyl (C=O) groups is 2. The maximum atomic E-state index is 13.0. The fourth-order valence-electron chi connectivity index (χ4n) is 2.90. The van der Waals surface area contributed by atoms with Gasteiger partial charge in [0.05, 0.1) is 29.3 Å². The minimum absolute atomic E-state index is 0.0502. The maximum Gasteiger partial charge on any atom is 0.269 e. The predicted molar refractivity (Wildman–Crippen MR) is 120 cm³/mol. The summed E-state index contributed by atoms with van der Waals surface area (Å²) in [4.78, 5) is 41.9. The minimum atomic E-state index is -0.468. The summed E-state index contributed by atoms with van der Waals surface area (Å²) >= 11 is 6.91. The zero-order valence-corrected chi connectivity index (χ0v) is 18.5. The molecule has 3 rings (SSSR count). The number of benzene rings is 2. The van der Waals surface area contributed by atoms with Crippen molar-refractivity contribution < 1.29 is 14.3 Å². The van der Waals surface area contributed by atoms with E-state index in [-0.39, 0.29) is 17.4 Å². The monoisotopic (exact) mass is 460 g/mol. The van der Waals surface area contributed by atoms with E-state index in [0.29, 0.717) is 33.3 Å². The number of hydrogen-bond acceptors (Lipinski definition) is 6. The van der Waals surface area contributed by atoms with E-state index >= 15 is 0 Å². The average Bonchev–Trinajstić information content (AvgIpc) is 2.76.